The Labute approximate surface area is 206 Å². The van der Waals surface area contributed by atoms with E-state index >= 15 is 0 Å². The lowest BCUT2D eigenvalue weighted by molar-refractivity contribution is -0.144. The number of ether oxygens (including phenoxy) is 3. The summed E-state index contributed by atoms with van der Waals surface area (Å²) in [5.41, 5.74) is 2.45. The lowest BCUT2D eigenvalue weighted by atomic mass is 10.0. The quantitative estimate of drug-likeness (QED) is 0.171. The zero-order valence-corrected chi connectivity index (χ0v) is 21.2. The fourth-order valence-electron chi connectivity index (χ4n) is 4.69. The minimum Gasteiger partial charge on any atom is -0.496 e. The molecule has 5 heteroatoms. The maximum absolute atomic E-state index is 11.6. The highest BCUT2D eigenvalue weighted by Gasteiger charge is 2.36. The third-order valence-corrected chi connectivity index (χ3v) is 7.85. The van der Waals surface area contributed by atoms with Crippen LogP contribution in [0.5, 0.6) is 11.5 Å². The molecule has 1 aromatic heterocycles. The van der Waals surface area contributed by atoms with Crippen molar-refractivity contribution in [2.75, 3.05) is 7.11 Å². The van der Waals surface area contributed by atoms with Gasteiger partial charge in [0.25, 0.3) is 0 Å². The minimum atomic E-state index is -0.366. The lowest BCUT2D eigenvalue weighted by Gasteiger charge is -2.21. The van der Waals surface area contributed by atoms with Crippen LogP contribution in [0, 0.1) is 5.92 Å². The number of hydrogen-bond donors (Lipinski definition) is 0. The highest BCUT2D eigenvalue weighted by atomic mass is 32.1. The van der Waals surface area contributed by atoms with Crippen molar-refractivity contribution in [3.05, 3.63) is 60.7 Å². The zero-order chi connectivity index (χ0) is 24.1. The van der Waals surface area contributed by atoms with Crippen molar-refractivity contribution < 1.29 is 19.0 Å². The number of unbranched alkanes of at least 4 members (excludes halogenated alkanes) is 2. The third kappa shape index (κ3) is 5.47. The number of carbonyl (C=O) groups excluding carboxylic acids is 1. The van der Waals surface area contributed by atoms with Crippen LogP contribution in [-0.4, -0.2) is 25.3 Å². The summed E-state index contributed by atoms with van der Waals surface area (Å²) < 4.78 is 18.7. The van der Waals surface area contributed by atoms with Gasteiger partial charge in [-0.15, -0.1) is 11.3 Å². The van der Waals surface area contributed by atoms with Crippen LogP contribution in [-0.2, 0) is 16.0 Å². The molecule has 4 rings (SSSR count). The Hall–Kier alpha value is -2.79. The Balaban J connectivity index is 1.49. The van der Waals surface area contributed by atoms with E-state index in [4.69, 9.17) is 14.2 Å². The van der Waals surface area contributed by atoms with Gasteiger partial charge in [0.05, 0.1) is 7.11 Å². The number of rotatable bonds is 10. The number of esters is 1. The van der Waals surface area contributed by atoms with E-state index in [0.717, 1.165) is 36.3 Å². The standard InChI is InChI=1S/C29H34O4S/c1-5-7-8-9-20-10-13-23(26(16-20)31-4)28-17-21-11-12-22(18-27(21)34-28)32-24-14-15-25(19(24)3)33-29(30)6-2/h6,10-13,16-19,24-25H,2,5,7-9,14-15H2,1,3-4H3. The number of fused-ring (bicyclic) bond motifs is 1. The largest absolute Gasteiger partial charge is 0.496 e. The number of aryl methyl sites for hydroxylation is 1. The topological polar surface area (TPSA) is 44.8 Å². The van der Waals surface area contributed by atoms with Crippen molar-refractivity contribution in [3.63, 3.8) is 0 Å². The fraction of sp³-hybridized carbons (Fsp3) is 0.414. The van der Waals surface area contributed by atoms with E-state index in [2.05, 4.69) is 56.8 Å². The molecule has 1 heterocycles. The van der Waals surface area contributed by atoms with Crippen molar-refractivity contribution in [2.24, 2.45) is 5.92 Å². The van der Waals surface area contributed by atoms with Gasteiger partial charge in [-0.1, -0.05) is 39.3 Å². The molecule has 0 N–H and O–H groups in total. The van der Waals surface area contributed by atoms with E-state index in [1.165, 1.54) is 45.9 Å². The molecule has 0 aliphatic heterocycles. The molecule has 3 aromatic rings. The SMILES string of the molecule is C=CC(=O)OC1CCC(Oc2ccc3cc(-c4ccc(CCCCC)cc4OC)sc3c2)C1C. The molecule has 1 fully saturated rings. The first-order valence-corrected chi connectivity index (χ1v) is 13.0. The molecule has 34 heavy (non-hydrogen) atoms. The van der Waals surface area contributed by atoms with Gasteiger partial charge in [-0.05, 0) is 73.0 Å². The average Bonchev–Trinajstić information content (AvgIpc) is 3.42. The van der Waals surface area contributed by atoms with Crippen molar-refractivity contribution in [3.8, 4) is 21.9 Å². The molecule has 180 valence electrons. The van der Waals surface area contributed by atoms with Crippen LogP contribution in [0.3, 0.4) is 0 Å². The third-order valence-electron chi connectivity index (χ3n) is 6.72. The van der Waals surface area contributed by atoms with Gasteiger partial charge in [-0.25, -0.2) is 4.79 Å². The van der Waals surface area contributed by atoms with Crippen LogP contribution in [0.2, 0.25) is 0 Å². The summed E-state index contributed by atoms with van der Waals surface area (Å²) in [5, 5.41) is 1.19. The van der Waals surface area contributed by atoms with Crippen LogP contribution < -0.4 is 9.47 Å². The van der Waals surface area contributed by atoms with Crippen LogP contribution in [0.4, 0.5) is 0 Å². The molecule has 2 aromatic carbocycles. The molecule has 0 amide bonds. The summed E-state index contributed by atoms with van der Waals surface area (Å²) in [4.78, 5) is 12.8. The van der Waals surface area contributed by atoms with Gasteiger partial charge in [0.15, 0.2) is 0 Å². The van der Waals surface area contributed by atoms with E-state index in [1.807, 2.05) is 6.07 Å². The predicted octanol–water partition coefficient (Wildman–Crippen LogP) is 7.58. The molecule has 0 radical (unpaired) electrons. The van der Waals surface area contributed by atoms with Gasteiger partial charge in [0.2, 0.25) is 0 Å². The van der Waals surface area contributed by atoms with E-state index in [-0.39, 0.29) is 24.1 Å². The van der Waals surface area contributed by atoms with E-state index < -0.39 is 0 Å². The zero-order valence-electron chi connectivity index (χ0n) is 20.3. The Morgan fingerprint density at radius 1 is 1.12 bits per heavy atom. The van der Waals surface area contributed by atoms with Gasteiger partial charge in [0.1, 0.15) is 23.7 Å². The summed E-state index contributed by atoms with van der Waals surface area (Å²) >= 11 is 1.75. The molecule has 0 bridgehead atoms. The molecule has 4 nitrogen and oxygen atoms in total. The highest BCUT2D eigenvalue weighted by Crippen LogP contribution is 2.40. The van der Waals surface area contributed by atoms with Crippen LogP contribution in [0.25, 0.3) is 20.5 Å². The maximum atomic E-state index is 11.6. The normalized spacial score (nSPS) is 19.8. The Morgan fingerprint density at radius 2 is 1.94 bits per heavy atom. The van der Waals surface area contributed by atoms with Gasteiger partial charge in [-0.3, -0.25) is 0 Å². The summed E-state index contributed by atoms with van der Waals surface area (Å²) in [7, 11) is 1.75. The Bertz CT molecular complexity index is 1150. The molecule has 1 saturated carbocycles. The average molecular weight is 479 g/mol. The molecule has 0 spiro atoms. The first kappa shape index (κ1) is 24.3. The predicted molar refractivity (Wildman–Crippen MR) is 140 cm³/mol. The molecule has 0 saturated heterocycles. The van der Waals surface area contributed by atoms with Crippen LogP contribution >= 0.6 is 11.3 Å². The van der Waals surface area contributed by atoms with Gasteiger partial charge >= 0.3 is 5.97 Å². The van der Waals surface area contributed by atoms with Gasteiger partial charge < -0.3 is 14.2 Å². The Morgan fingerprint density at radius 3 is 2.71 bits per heavy atom. The molecule has 1 aliphatic rings. The van der Waals surface area contributed by atoms with E-state index in [1.54, 1.807) is 18.4 Å². The second-order valence-electron chi connectivity index (χ2n) is 9.07. The number of methoxy groups -OCH3 is 1. The van der Waals surface area contributed by atoms with Crippen molar-refractivity contribution in [2.45, 2.75) is 64.6 Å². The number of benzene rings is 2. The van der Waals surface area contributed by atoms with Gasteiger partial charge in [0, 0.05) is 27.1 Å². The number of hydrogen-bond acceptors (Lipinski definition) is 5. The minimum absolute atomic E-state index is 0.0276. The van der Waals surface area contributed by atoms with Crippen molar-refractivity contribution in [1.82, 2.24) is 0 Å². The van der Waals surface area contributed by atoms with Gasteiger partial charge in [-0.2, -0.15) is 0 Å². The van der Waals surface area contributed by atoms with E-state index in [0.29, 0.717) is 0 Å². The van der Waals surface area contributed by atoms with Crippen molar-refractivity contribution >= 4 is 27.4 Å². The number of thiophene rings is 1. The molecule has 3 atom stereocenters. The second kappa shape index (κ2) is 11.1. The second-order valence-corrected chi connectivity index (χ2v) is 10.2. The first-order valence-electron chi connectivity index (χ1n) is 12.2. The molecule has 1 aliphatic carbocycles. The van der Waals surface area contributed by atoms with Crippen LogP contribution in [0.15, 0.2) is 55.1 Å². The van der Waals surface area contributed by atoms with Crippen LogP contribution in [0.1, 0.15) is 51.5 Å². The first-order chi connectivity index (χ1) is 16.5. The number of carbonyl (C=O) groups is 1. The summed E-state index contributed by atoms with van der Waals surface area (Å²) in [6.45, 7) is 7.80. The molecular weight excluding hydrogens is 444 g/mol. The molecule has 3 unspecified atom stereocenters. The fourth-order valence-corrected chi connectivity index (χ4v) is 5.81. The Kier molecular flexibility index (Phi) is 7.94. The van der Waals surface area contributed by atoms with E-state index in [9.17, 15) is 4.79 Å². The maximum Gasteiger partial charge on any atom is 0.330 e. The lowest BCUT2D eigenvalue weighted by Crippen LogP contribution is -2.27. The smallest absolute Gasteiger partial charge is 0.330 e. The summed E-state index contributed by atoms with van der Waals surface area (Å²) in [6.07, 6.45) is 7.59. The highest BCUT2D eigenvalue weighted by molar-refractivity contribution is 7.22. The van der Waals surface area contributed by atoms with Crippen molar-refractivity contribution in [1.29, 1.82) is 0 Å². The monoisotopic (exact) mass is 478 g/mol. The summed E-state index contributed by atoms with van der Waals surface area (Å²) in [5.74, 6) is 1.55. The molecular formula is C29H34O4S. The summed E-state index contributed by atoms with van der Waals surface area (Å²) in [6, 6.07) is 15.1.